The van der Waals surface area contributed by atoms with E-state index in [2.05, 4.69) is 0 Å². The van der Waals surface area contributed by atoms with Crippen molar-refractivity contribution in [2.45, 2.75) is 6.92 Å². The first-order valence-electron chi connectivity index (χ1n) is 5.00. The molecule has 2 aliphatic rings. The van der Waals surface area contributed by atoms with Gasteiger partial charge < -0.3 is 0 Å². The van der Waals surface area contributed by atoms with E-state index >= 15 is 0 Å². The third-order valence-electron chi connectivity index (χ3n) is 2.25. The number of imide groups is 2. The lowest BCUT2D eigenvalue weighted by Crippen LogP contribution is -2.29. The second-order valence-corrected chi connectivity index (χ2v) is 3.32. The van der Waals surface area contributed by atoms with E-state index in [9.17, 15) is 19.2 Å². The molecule has 0 fully saturated rings. The van der Waals surface area contributed by atoms with Crippen LogP contribution in [0.4, 0.5) is 0 Å². The number of nitrogens with zero attached hydrogens (tertiary/aromatic N) is 2. The van der Waals surface area contributed by atoms with Crippen molar-refractivity contribution in [3.63, 3.8) is 0 Å². The average Bonchev–Trinajstić information content (AvgIpc) is 2.77. The van der Waals surface area contributed by atoms with Crippen LogP contribution in [0.2, 0.25) is 0 Å². The zero-order valence-electron chi connectivity index (χ0n) is 9.54. The van der Waals surface area contributed by atoms with Crippen LogP contribution in [0.25, 0.3) is 0 Å². The summed E-state index contributed by atoms with van der Waals surface area (Å²) >= 11 is 0. The summed E-state index contributed by atoms with van der Waals surface area (Å²) in [5.41, 5.74) is 0. The molecule has 90 valence electrons. The van der Waals surface area contributed by atoms with Crippen molar-refractivity contribution in [2.75, 3.05) is 13.6 Å². The van der Waals surface area contributed by atoms with E-state index in [1.807, 2.05) is 0 Å². The first kappa shape index (κ1) is 12.8. The molecule has 0 aliphatic carbocycles. The van der Waals surface area contributed by atoms with E-state index in [-0.39, 0.29) is 23.6 Å². The van der Waals surface area contributed by atoms with E-state index in [1.165, 1.54) is 36.3 Å². The number of hydrogen-bond donors (Lipinski definition) is 0. The Kier molecular flexibility index (Phi) is 3.92. The highest BCUT2D eigenvalue weighted by Gasteiger charge is 2.20. The molecule has 0 spiro atoms. The van der Waals surface area contributed by atoms with E-state index < -0.39 is 0 Å². The van der Waals surface area contributed by atoms with Gasteiger partial charge in [-0.15, -0.1) is 0 Å². The van der Waals surface area contributed by atoms with Crippen molar-refractivity contribution in [1.29, 1.82) is 0 Å². The van der Waals surface area contributed by atoms with Gasteiger partial charge in [-0.3, -0.25) is 29.0 Å². The fourth-order valence-corrected chi connectivity index (χ4v) is 1.22. The molecule has 6 heteroatoms. The van der Waals surface area contributed by atoms with Crippen LogP contribution in [0.1, 0.15) is 6.92 Å². The molecule has 0 aromatic carbocycles. The highest BCUT2D eigenvalue weighted by atomic mass is 16.2. The maximum atomic E-state index is 10.6. The van der Waals surface area contributed by atoms with Crippen molar-refractivity contribution in [3.05, 3.63) is 24.3 Å². The summed E-state index contributed by atoms with van der Waals surface area (Å²) in [6, 6.07) is 0. The molecule has 0 saturated carbocycles. The van der Waals surface area contributed by atoms with Crippen LogP contribution in [0, 0.1) is 0 Å². The SMILES string of the molecule is CCN1C(=O)C=CC1=O.CN1C(=O)C=CC1=O. The van der Waals surface area contributed by atoms with Crippen LogP contribution in [0.5, 0.6) is 0 Å². The zero-order chi connectivity index (χ0) is 13.0. The average molecular weight is 236 g/mol. The standard InChI is InChI=1S/C6H7NO2.C5H5NO2/c1-2-7-5(8)3-4-6(7)9;1-6-4(7)2-3-5(6)8/h3-4H,2H2,1H3;2-3H,1H3. The molecule has 0 unspecified atom stereocenters. The Bertz CT molecular complexity index is 401. The molecular weight excluding hydrogens is 224 g/mol. The van der Waals surface area contributed by atoms with Gasteiger partial charge in [0.15, 0.2) is 0 Å². The van der Waals surface area contributed by atoms with Gasteiger partial charge in [0.2, 0.25) is 0 Å². The number of amides is 4. The van der Waals surface area contributed by atoms with Crippen LogP contribution >= 0.6 is 0 Å². The lowest BCUT2D eigenvalue weighted by atomic mass is 10.5. The quantitative estimate of drug-likeness (QED) is 0.574. The predicted octanol–water partition coefficient (Wildman–Crippen LogP) is -0.527. The van der Waals surface area contributed by atoms with Crippen molar-refractivity contribution in [1.82, 2.24) is 9.80 Å². The third kappa shape index (κ3) is 2.87. The minimum absolute atomic E-state index is 0.206. The summed E-state index contributed by atoms with van der Waals surface area (Å²) in [4.78, 5) is 44.3. The molecule has 0 radical (unpaired) electrons. The number of carbonyl (C=O) groups is 4. The van der Waals surface area contributed by atoms with Crippen LogP contribution in [0.15, 0.2) is 24.3 Å². The monoisotopic (exact) mass is 236 g/mol. The Morgan fingerprint density at radius 2 is 1.18 bits per heavy atom. The summed E-state index contributed by atoms with van der Waals surface area (Å²) in [5, 5.41) is 0. The van der Waals surface area contributed by atoms with Gasteiger partial charge in [-0.25, -0.2) is 0 Å². The zero-order valence-corrected chi connectivity index (χ0v) is 9.54. The summed E-state index contributed by atoms with van der Waals surface area (Å²) in [5.74, 6) is -0.894. The Labute approximate surface area is 98.2 Å². The Balaban J connectivity index is 0.000000171. The smallest absolute Gasteiger partial charge is 0.253 e. The van der Waals surface area contributed by atoms with Gasteiger partial charge in [-0.05, 0) is 6.92 Å². The lowest BCUT2D eigenvalue weighted by molar-refractivity contribution is -0.137. The van der Waals surface area contributed by atoms with Crippen LogP contribution < -0.4 is 0 Å². The minimum Gasteiger partial charge on any atom is -0.279 e. The Morgan fingerprint density at radius 1 is 0.824 bits per heavy atom. The Hall–Kier alpha value is -2.24. The predicted molar refractivity (Wildman–Crippen MR) is 58.5 cm³/mol. The van der Waals surface area contributed by atoms with E-state index in [0.717, 1.165) is 4.90 Å². The van der Waals surface area contributed by atoms with E-state index in [1.54, 1.807) is 6.92 Å². The van der Waals surface area contributed by atoms with Crippen molar-refractivity contribution < 1.29 is 19.2 Å². The molecular formula is C11H12N2O4. The van der Waals surface area contributed by atoms with Gasteiger partial charge in [0.05, 0.1) is 0 Å². The number of carbonyl (C=O) groups excluding carboxylic acids is 4. The van der Waals surface area contributed by atoms with E-state index in [4.69, 9.17) is 0 Å². The second kappa shape index (κ2) is 5.20. The second-order valence-electron chi connectivity index (χ2n) is 3.32. The molecule has 0 bridgehead atoms. The van der Waals surface area contributed by atoms with Crippen LogP contribution in [-0.4, -0.2) is 47.0 Å². The summed E-state index contributed by atoms with van der Waals surface area (Å²) in [6.07, 6.45) is 5.07. The van der Waals surface area contributed by atoms with Gasteiger partial charge >= 0.3 is 0 Å². The molecule has 0 N–H and O–H groups in total. The fraction of sp³-hybridized carbons (Fsp3) is 0.273. The maximum Gasteiger partial charge on any atom is 0.253 e. The van der Waals surface area contributed by atoms with Crippen molar-refractivity contribution >= 4 is 23.6 Å². The summed E-state index contributed by atoms with van der Waals surface area (Å²) in [6.45, 7) is 2.23. The molecule has 0 aromatic rings. The first-order chi connectivity index (χ1) is 7.97. The number of rotatable bonds is 1. The Morgan fingerprint density at radius 3 is 1.35 bits per heavy atom. The minimum atomic E-state index is -0.241. The number of likely N-dealkylation sites (N-methyl/N-ethyl adjacent to an activating group) is 2. The number of hydrogen-bond acceptors (Lipinski definition) is 4. The normalized spacial score (nSPS) is 18.0. The highest BCUT2D eigenvalue weighted by molar-refractivity contribution is 6.13. The fourth-order valence-electron chi connectivity index (χ4n) is 1.22. The van der Waals surface area contributed by atoms with Gasteiger partial charge in [0.1, 0.15) is 0 Å². The molecule has 0 aromatic heterocycles. The molecule has 0 saturated heterocycles. The molecule has 6 nitrogen and oxygen atoms in total. The summed E-state index contributed by atoms with van der Waals surface area (Å²) < 4.78 is 0. The molecule has 2 rings (SSSR count). The van der Waals surface area contributed by atoms with Crippen molar-refractivity contribution in [3.8, 4) is 0 Å². The molecule has 0 atom stereocenters. The molecule has 4 amide bonds. The third-order valence-corrected chi connectivity index (χ3v) is 2.25. The van der Waals surface area contributed by atoms with E-state index in [0.29, 0.717) is 6.54 Å². The van der Waals surface area contributed by atoms with Crippen molar-refractivity contribution in [2.24, 2.45) is 0 Å². The summed E-state index contributed by atoms with van der Waals surface area (Å²) in [7, 11) is 1.45. The van der Waals surface area contributed by atoms with Gasteiger partial charge in [-0.2, -0.15) is 0 Å². The van der Waals surface area contributed by atoms with Gasteiger partial charge in [0, 0.05) is 37.9 Å². The molecule has 2 heterocycles. The van der Waals surface area contributed by atoms with Gasteiger partial charge in [-0.1, -0.05) is 0 Å². The maximum absolute atomic E-state index is 10.6. The van der Waals surface area contributed by atoms with Crippen LogP contribution in [0.3, 0.4) is 0 Å². The topological polar surface area (TPSA) is 74.8 Å². The highest BCUT2D eigenvalue weighted by Crippen LogP contribution is 2.00. The largest absolute Gasteiger partial charge is 0.279 e. The molecule has 17 heavy (non-hydrogen) atoms. The van der Waals surface area contributed by atoms with Gasteiger partial charge in [0.25, 0.3) is 23.6 Å². The molecule has 2 aliphatic heterocycles. The van der Waals surface area contributed by atoms with Crippen LogP contribution in [-0.2, 0) is 19.2 Å². The first-order valence-corrected chi connectivity index (χ1v) is 5.00. The lowest BCUT2D eigenvalue weighted by Gasteiger charge is -2.08.